The van der Waals surface area contributed by atoms with Crippen molar-refractivity contribution in [3.05, 3.63) is 0 Å². The largest absolute Gasteiger partial charge is 0.311 e. The van der Waals surface area contributed by atoms with Crippen molar-refractivity contribution in [3.63, 3.8) is 0 Å². The van der Waals surface area contributed by atoms with Gasteiger partial charge in [0.05, 0.1) is 0 Å². The van der Waals surface area contributed by atoms with Gasteiger partial charge < -0.3 is 10.2 Å². The molecule has 0 unspecified atom stereocenters. The lowest BCUT2D eigenvalue weighted by molar-refractivity contribution is 0.188. The fourth-order valence-corrected chi connectivity index (χ4v) is 1.85. The minimum Gasteiger partial charge on any atom is -0.311 e. The Bertz CT molecular complexity index is 132. The van der Waals surface area contributed by atoms with Crippen LogP contribution in [0.1, 0.15) is 33.6 Å². The minimum atomic E-state index is 0.302. The Balaban J connectivity index is 2.45. The van der Waals surface area contributed by atoms with Gasteiger partial charge >= 0.3 is 0 Å². The van der Waals surface area contributed by atoms with E-state index in [1.54, 1.807) is 0 Å². The highest BCUT2D eigenvalue weighted by Crippen LogP contribution is 2.09. The van der Waals surface area contributed by atoms with E-state index in [4.69, 9.17) is 0 Å². The van der Waals surface area contributed by atoms with E-state index in [1.807, 2.05) is 0 Å². The number of nitrogens with zero attached hydrogens (tertiary/aromatic N) is 1. The summed E-state index contributed by atoms with van der Waals surface area (Å²) in [6, 6.07) is 0. The number of hydrogen-bond donors (Lipinski definition) is 1. The smallest absolute Gasteiger partial charge is 0.0252 e. The second-order valence-electron chi connectivity index (χ2n) is 4.39. The molecule has 0 amide bonds. The summed E-state index contributed by atoms with van der Waals surface area (Å²) in [6.45, 7) is 11.7. The van der Waals surface area contributed by atoms with Crippen LogP contribution in [0, 0.1) is 0 Å². The SMILES string of the molecule is CCN1CCCCNC(C)(C)C1. The van der Waals surface area contributed by atoms with Gasteiger partial charge in [-0.3, -0.25) is 0 Å². The van der Waals surface area contributed by atoms with Gasteiger partial charge in [-0.1, -0.05) is 6.92 Å². The van der Waals surface area contributed by atoms with Crippen LogP contribution in [0.2, 0.25) is 0 Å². The first-order valence-electron chi connectivity index (χ1n) is 5.11. The summed E-state index contributed by atoms with van der Waals surface area (Å²) in [5.41, 5.74) is 0.302. The standard InChI is InChI=1S/C10H22N2/c1-4-12-8-6-5-7-11-10(2,3)9-12/h11H,4-9H2,1-3H3. The van der Waals surface area contributed by atoms with Crippen molar-refractivity contribution < 1.29 is 0 Å². The van der Waals surface area contributed by atoms with E-state index in [-0.39, 0.29) is 0 Å². The first-order chi connectivity index (χ1) is 5.64. The molecule has 2 heteroatoms. The van der Waals surface area contributed by atoms with Crippen LogP contribution in [-0.4, -0.2) is 36.6 Å². The highest BCUT2D eigenvalue weighted by atomic mass is 15.2. The summed E-state index contributed by atoms with van der Waals surface area (Å²) in [6.07, 6.45) is 2.66. The van der Waals surface area contributed by atoms with E-state index >= 15 is 0 Å². The van der Waals surface area contributed by atoms with Gasteiger partial charge in [0, 0.05) is 12.1 Å². The van der Waals surface area contributed by atoms with Crippen molar-refractivity contribution in [1.29, 1.82) is 0 Å². The Morgan fingerprint density at radius 3 is 2.75 bits per heavy atom. The van der Waals surface area contributed by atoms with Crippen LogP contribution < -0.4 is 5.32 Å². The molecule has 1 heterocycles. The van der Waals surface area contributed by atoms with Crippen molar-refractivity contribution in [1.82, 2.24) is 10.2 Å². The molecule has 72 valence electrons. The van der Waals surface area contributed by atoms with Crippen LogP contribution in [0.25, 0.3) is 0 Å². The highest BCUT2D eigenvalue weighted by Gasteiger charge is 2.21. The molecule has 2 nitrogen and oxygen atoms in total. The molecule has 1 aliphatic rings. The lowest BCUT2D eigenvalue weighted by atomic mass is 10.0. The summed E-state index contributed by atoms with van der Waals surface area (Å²) >= 11 is 0. The van der Waals surface area contributed by atoms with Crippen LogP contribution in [0.4, 0.5) is 0 Å². The molecule has 1 saturated heterocycles. The molecule has 0 atom stereocenters. The third-order valence-corrected chi connectivity index (χ3v) is 2.57. The maximum atomic E-state index is 3.58. The summed E-state index contributed by atoms with van der Waals surface area (Å²) in [7, 11) is 0. The molecule has 0 aromatic carbocycles. The maximum Gasteiger partial charge on any atom is 0.0252 e. The van der Waals surface area contributed by atoms with Crippen LogP contribution in [0.5, 0.6) is 0 Å². The van der Waals surface area contributed by atoms with Crippen molar-refractivity contribution in [2.24, 2.45) is 0 Å². The predicted octanol–water partition coefficient (Wildman–Crippen LogP) is 1.47. The Hall–Kier alpha value is -0.0800. The molecule has 0 radical (unpaired) electrons. The summed E-state index contributed by atoms with van der Waals surface area (Å²) in [4.78, 5) is 2.53. The summed E-state index contributed by atoms with van der Waals surface area (Å²) in [5.74, 6) is 0. The Morgan fingerprint density at radius 1 is 1.33 bits per heavy atom. The van der Waals surface area contributed by atoms with Crippen LogP contribution in [0.3, 0.4) is 0 Å². The third-order valence-electron chi connectivity index (χ3n) is 2.57. The first kappa shape index (κ1) is 10.0. The van der Waals surface area contributed by atoms with Crippen molar-refractivity contribution in [2.75, 3.05) is 26.2 Å². The average Bonchev–Trinajstić information content (AvgIpc) is 1.97. The first-order valence-corrected chi connectivity index (χ1v) is 5.11. The van der Waals surface area contributed by atoms with Crippen molar-refractivity contribution in [2.45, 2.75) is 39.2 Å². The van der Waals surface area contributed by atoms with E-state index in [2.05, 4.69) is 31.0 Å². The average molecular weight is 170 g/mol. The van der Waals surface area contributed by atoms with Gasteiger partial charge in [-0.15, -0.1) is 0 Å². The Labute approximate surface area is 76.3 Å². The number of hydrogen-bond acceptors (Lipinski definition) is 2. The zero-order valence-electron chi connectivity index (χ0n) is 8.69. The van der Waals surface area contributed by atoms with Gasteiger partial charge in [-0.25, -0.2) is 0 Å². The van der Waals surface area contributed by atoms with Gasteiger partial charge in [0.1, 0.15) is 0 Å². The third kappa shape index (κ3) is 3.11. The molecular weight excluding hydrogens is 148 g/mol. The molecule has 0 aromatic rings. The van der Waals surface area contributed by atoms with Crippen LogP contribution >= 0.6 is 0 Å². The lowest BCUT2D eigenvalue weighted by Crippen LogP contribution is -2.51. The van der Waals surface area contributed by atoms with Crippen molar-refractivity contribution >= 4 is 0 Å². The molecule has 1 rings (SSSR count). The zero-order valence-corrected chi connectivity index (χ0v) is 8.69. The molecular formula is C10H22N2. The lowest BCUT2D eigenvalue weighted by Gasteiger charge is -2.35. The topological polar surface area (TPSA) is 15.3 Å². The molecule has 12 heavy (non-hydrogen) atoms. The zero-order chi connectivity index (χ0) is 9.03. The summed E-state index contributed by atoms with van der Waals surface area (Å²) in [5, 5.41) is 3.58. The van der Waals surface area contributed by atoms with E-state index in [0.717, 1.165) is 0 Å². The predicted molar refractivity (Wildman–Crippen MR) is 53.4 cm³/mol. The van der Waals surface area contributed by atoms with E-state index in [1.165, 1.54) is 39.0 Å². The number of nitrogens with one attached hydrogen (secondary N) is 1. The van der Waals surface area contributed by atoms with Gasteiger partial charge in [0.25, 0.3) is 0 Å². The van der Waals surface area contributed by atoms with Gasteiger partial charge in [-0.2, -0.15) is 0 Å². The minimum absolute atomic E-state index is 0.302. The second-order valence-corrected chi connectivity index (χ2v) is 4.39. The molecule has 1 N–H and O–H groups in total. The van der Waals surface area contributed by atoms with E-state index in [9.17, 15) is 0 Å². The fourth-order valence-electron chi connectivity index (χ4n) is 1.85. The molecule has 0 aliphatic carbocycles. The molecule has 0 saturated carbocycles. The molecule has 0 bridgehead atoms. The molecule has 0 aromatic heterocycles. The van der Waals surface area contributed by atoms with Gasteiger partial charge in [0.15, 0.2) is 0 Å². The Kier molecular flexibility index (Phi) is 3.53. The molecule has 0 spiro atoms. The van der Waals surface area contributed by atoms with E-state index < -0.39 is 0 Å². The monoisotopic (exact) mass is 170 g/mol. The second kappa shape index (κ2) is 4.24. The van der Waals surface area contributed by atoms with Crippen LogP contribution in [-0.2, 0) is 0 Å². The maximum absolute atomic E-state index is 3.58. The van der Waals surface area contributed by atoms with Crippen molar-refractivity contribution in [3.8, 4) is 0 Å². The summed E-state index contributed by atoms with van der Waals surface area (Å²) < 4.78 is 0. The van der Waals surface area contributed by atoms with Crippen LogP contribution in [0.15, 0.2) is 0 Å². The van der Waals surface area contributed by atoms with Gasteiger partial charge in [0.2, 0.25) is 0 Å². The van der Waals surface area contributed by atoms with E-state index in [0.29, 0.717) is 5.54 Å². The molecule has 1 fully saturated rings. The highest BCUT2D eigenvalue weighted by molar-refractivity contribution is 4.83. The van der Waals surface area contributed by atoms with Gasteiger partial charge in [-0.05, 0) is 46.3 Å². The number of rotatable bonds is 1. The normalized spacial score (nSPS) is 26.2. The quantitative estimate of drug-likeness (QED) is 0.641. The number of likely N-dealkylation sites (N-methyl/N-ethyl adjacent to an activating group) is 1. The Morgan fingerprint density at radius 2 is 2.08 bits per heavy atom. The molecule has 1 aliphatic heterocycles. The fraction of sp³-hybridized carbons (Fsp3) is 1.00.